The van der Waals surface area contributed by atoms with Gasteiger partial charge in [-0.15, -0.1) is 0 Å². The van der Waals surface area contributed by atoms with Crippen molar-refractivity contribution in [2.45, 2.75) is 13.0 Å². The Hall–Kier alpha value is -3.06. The zero-order chi connectivity index (χ0) is 19.6. The summed E-state index contributed by atoms with van der Waals surface area (Å²) >= 11 is 6.00. The Morgan fingerprint density at radius 1 is 1.26 bits per heavy atom. The van der Waals surface area contributed by atoms with Crippen LogP contribution in [0.3, 0.4) is 0 Å². The fourth-order valence-electron chi connectivity index (χ4n) is 2.90. The Bertz CT molecular complexity index is 946. The number of rotatable bonds is 4. The van der Waals surface area contributed by atoms with Crippen LogP contribution in [0.1, 0.15) is 18.5 Å². The highest BCUT2D eigenvalue weighted by Crippen LogP contribution is 2.31. The average molecular weight is 390 g/mol. The number of urea groups is 1. The van der Waals surface area contributed by atoms with Gasteiger partial charge in [0.1, 0.15) is 11.6 Å². The van der Waals surface area contributed by atoms with Crippen LogP contribution < -0.4 is 20.7 Å². The minimum Gasteiger partial charge on any atom is -0.495 e. The number of benzene rings is 2. The molecule has 3 N–H and O–H groups in total. The van der Waals surface area contributed by atoms with Gasteiger partial charge in [-0.3, -0.25) is 4.79 Å². The van der Waals surface area contributed by atoms with Crippen LogP contribution in [0.2, 0.25) is 5.02 Å². The molecule has 27 heavy (non-hydrogen) atoms. The second-order valence-corrected chi connectivity index (χ2v) is 6.36. The van der Waals surface area contributed by atoms with Crippen molar-refractivity contribution < 1.29 is 18.7 Å². The van der Waals surface area contributed by atoms with Crippen molar-refractivity contribution in [3.8, 4) is 5.75 Å². The Balaban J connectivity index is 1.98. The molecule has 0 aromatic heterocycles. The molecular formula is C19H17ClFN3O3. The molecule has 0 spiro atoms. The van der Waals surface area contributed by atoms with Crippen molar-refractivity contribution in [2.24, 2.45) is 0 Å². The van der Waals surface area contributed by atoms with Gasteiger partial charge < -0.3 is 20.7 Å². The molecule has 6 nitrogen and oxygen atoms in total. The van der Waals surface area contributed by atoms with Crippen LogP contribution in [0.25, 0.3) is 0 Å². The summed E-state index contributed by atoms with van der Waals surface area (Å²) in [5.41, 5.74) is 1.45. The molecule has 0 radical (unpaired) electrons. The number of ether oxygens (including phenoxy) is 1. The van der Waals surface area contributed by atoms with Crippen molar-refractivity contribution in [3.05, 3.63) is 70.1 Å². The van der Waals surface area contributed by atoms with Crippen LogP contribution in [0.15, 0.2) is 53.7 Å². The predicted molar refractivity (Wildman–Crippen MR) is 100 cm³/mol. The Morgan fingerprint density at radius 3 is 2.74 bits per heavy atom. The van der Waals surface area contributed by atoms with Crippen LogP contribution in [0.5, 0.6) is 5.75 Å². The Labute approximate surface area is 160 Å². The van der Waals surface area contributed by atoms with E-state index in [9.17, 15) is 14.0 Å². The van der Waals surface area contributed by atoms with Gasteiger partial charge in [-0.2, -0.15) is 0 Å². The average Bonchev–Trinajstić information content (AvgIpc) is 2.61. The summed E-state index contributed by atoms with van der Waals surface area (Å²) in [6.07, 6.45) is 0. The van der Waals surface area contributed by atoms with Gasteiger partial charge in [0.2, 0.25) is 0 Å². The quantitative estimate of drug-likeness (QED) is 0.745. The fraction of sp³-hybridized carbons (Fsp3) is 0.158. The molecule has 3 amide bonds. The first-order valence-corrected chi connectivity index (χ1v) is 8.45. The maximum Gasteiger partial charge on any atom is 0.319 e. The largest absolute Gasteiger partial charge is 0.495 e. The first-order valence-electron chi connectivity index (χ1n) is 8.07. The van der Waals surface area contributed by atoms with Gasteiger partial charge in [0.25, 0.3) is 5.91 Å². The molecule has 0 fully saturated rings. The first-order chi connectivity index (χ1) is 12.9. The molecule has 1 unspecified atom stereocenters. The third-order valence-electron chi connectivity index (χ3n) is 4.11. The lowest BCUT2D eigenvalue weighted by Crippen LogP contribution is -2.46. The molecule has 2 aromatic rings. The van der Waals surface area contributed by atoms with Crippen molar-refractivity contribution in [3.63, 3.8) is 0 Å². The van der Waals surface area contributed by atoms with Crippen LogP contribution in [-0.4, -0.2) is 19.0 Å². The molecule has 0 bridgehead atoms. The smallest absolute Gasteiger partial charge is 0.319 e. The molecule has 0 aliphatic carbocycles. The second kappa shape index (κ2) is 7.67. The van der Waals surface area contributed by atoms with Crippen molar-refractivity contribution in [2.75, 3.05) is 12.4 Å². The monoisotopic (exact) mass is 389 g/mol. The minimum absolute atomic E-state index is 0.252. The molecule has 8 heteroatoms. The number of halogens is 2. The zero-order valence-corrected chi connectivity index (χ0v) is 15.4. The number of anilines is 1. The van der Waals surface area contributed by atoms with Gasteiger partial charge in [-0.25, -0.2) is 9.18 Å². The molecule has 0 saturated carbocycles. The summed E-state index contributed by atoms with van der Waals surface area (Å²) in [6, 6.07) is 9.27. The van der Waals surface area contributed by atoms with E-state index in [-0.39, 0.29) is 5.57 Å². The lowest BCUT2D eigenvalue weighted by molar-refractivity contribution is -0.113. The van der Waals surface area contributed by atoms with E-state index in [1.807, 2.05) is 0 Å². The summed E-state index contributed by atoms with van der Waals surface area (Å²) in [4.78, 5) is 24.9. The van der Waals surface area contributed by atoms with Crippen LogP contribution in [0, 0.1) is 5.82 Å². The summed E-state index contributed by atoms with van der Waals surface area (Å²) in [5, 5.41) is 8.39. The van der Waals surface area contributed by atoms with E-state index in [0.29, 0.717) is 27.7 Å². The number of nitrogens with one attached hydrogen (secondary N) is 3. The SMILES string of the molecule is COc1ccc(Cl)cc1NC(=O)C1=C(C)NC(=O)NC1c1cccc(F)c1. The van der Waals surface area contributed by atoms with Gasteiger partial charge in [0.15, 0.2) is 0 Å². The van der Waals surface area contributed by atoms with Crippen molar-refractivity contribution in [1.29, 1.82) is 0 Å². The van der Waals surface area contributed by atoms with E-state index in [0.717, 1.165) is 0 Å². The van der Waals surface area contributed by atoms with Crippen molar-refractivity contribution >= 4 is 29.2 Å². The standard InChI is InChI=1S/C19H17ClFN3O3/c1-10-16(18(25)23-14-9-12(20)6-7-15(14)27-2)17(24-19(26)22-10)11-4-3-5-13(21)8-11/h3-9,17H,1-2H3,(H,23,25)(H2,22,24,26). The fourth-order valence-corrected chi connectivity index (χ4v) is 3.07. The maximum atomic E-state index is 13.7. The highest BCUT2D eigenvalue weighted by atomic mass is 35.5. The van der Waals surface area contributed by atoms with E-state index in [1.165, 1.54) is 25.3 Å². The zero-order valence-electron chi connectivity index (χ0n) is 14.6. The molecule has 1 atom stereocenters. The summed E-state index contributed by atoms with van der Waals surface area (Å²) in [5.74, 6) is -0.509. The number of amides is 3. The van der Waals surface area contributed by atoms with E-state index in [2.05, 4.69) is 16.0 Å². The normalized spacial score (nSPS) is 16.4. The van der Waals surface area contributed by atoms with Crippen molar-refractivity contribution in [1.82, 2.24) is 10.6 Å². The number of hydrogen-bond acceptors (Lipinski definition) is 3. The lowest BCUT2D eigenvalue weighted by Gasteiger charge is -2.28. The summed E-state index contributed by atoms with van der Waals surface area (Å²) < 4.78 is 18.9. The molecular weight excluding hydrogens is 373 g/mol. The van der Waals surface area contributed by atoms with Crippen LogP contribution in [0.4, 0.5) is 14.9 Å². The molecule has 1 aliphatic rings. The van der Waals surface area contributed by atoms with Gasteiger partial charge in [0, 0.05) is 10.7 Å². The molecule has 3 rings (SSSR count). The van der Waals surface area contributed by atoms with Crippen LogP contribution in [-0.2, 0) is 4.79 Å². The highest BCUT2D eigenvalue weighted by Gasteiger charge is 2.31. The van der Waals surface area contributed by atoms with E-state index in [4.69, 9.17) is 16.3 Å². The second-order valence-electron chi connectivity index (χ2n) is 5.92. The summed E-state index contributed by atoms with van der Waals surface area (Å²) in [7, 11) is 1.47. The topological polar surface area (TPSA) is 79.5 Å². The van der Waals surface area contributed by atoms with E-state index < -0.39 is 23.8 Å². The lowest BCUT2D eigenvalue weighted by atomic mass is 9.94. The number of carbonyl (C=O) groups excluding carboxylic acids is 2. The number of allylic oxidation sites excluding steroid dienone is 1. The van der Waals surface area contributed by atoms with Crippen LogP contribution >= 0.6 is 11.6 Å². The molecule has 1 heterocycles. The number of hydrogen-bond donors (Lipinski definition) is 3. The number of methoxy groups -OCH3 is 1. The highest BCUT2D eigenvalue weighted by molar-refractivity contribution is 6.31. The molecule has 1 aliphatic heterocycles. The summed E-state index contributed by atoms with van der Waals surface area (Å²) in [6.45, 7) is 1.61. The van der Waals surface area contributed by atoms with Gasteiger partial charge in [0.05, 0.1) is 24.4 Å². The molecule has 2 aromatic carbocycles. The molecule has 140 valence electrons. The molecule has 0 saturated heterocycles. The predicted octanol–water partition coefficient (Wildman–Crippen LogP) is 3.75. The van der Waals surface area contributed by atoms with Gasteiger partial charge in [-0.05, 0) is 42.8 Å². The third kappa shape index (κ3) is 4.03. The van der Waals surface area contributed by atoms with Gasteiger partial charge in [-0.1, -0.05) is 23.7 Å². The minimum atomic E-state index is -0.806. The Kier molecular flexibility index (Phi) is 5.32. The third-order valence-corrected chi connectivity index (χ3v) is 4.34. The Morgan fingerprint density at radius 2 is 2.04 bits per heavy atom. The first kappa shape index (κ1) is 18.7. The van der Waals surface area contributed by atoms with E-state index >= 15 is 0 Å². The maximum absolute atomic E-state index is 13.7. The van der Waals surface area contributed by atoms with Gasteiger partial charge >= 0.3 is 6.03 Å². The van der Waals surface area contributed by atoms with E-state index in [1.54, 1.807) is 31.2 Å². The number of carbonyl (C=O) groups is 2.